The molecule has 0 aliphatic heterocycles. The second-order valence-electron chi connectivity index (χ2n) is 8.55. The van der Waals surface area contributed by atoms with E-state index in [9.17, 15) is 0 Å². The zero-order chi connectivity index (χ0) is 21.7. The van der Waals surface area contributed by atoms with Crippen LogP contribution in [0, 0.1) is 0 Å². The highest BCUT2D eigenvalue weighted by Crippen LogP contribution is 2.18. The lowest BCUT2D eigenvalue weighted by molar-refractivity contribution is 0.313. The van der Waals surface area contributed by atoms with Crippen LogP contribution in [0.1, 0.15) is 0 Å². The first-order valence-electron chi connectivity index (χ1n) is 10.4. The van der Waals surface area contributed by atoms with Crippen LogP contribution in [0.15, 0.2) is 102 Å². The monoisotopic (exact) mass is 448 g/mol. The zero-order valence-electron chi connectivity index (χ0n) is 18.6. The summed E-state index contributed by atoms with van der Waals surface area (Å²) in [5.74, 6) is 0. The maximum absolute atomic E-state index is 6.57. The van der Waals surface area contributed by atoms with Crippen LogP contribution in [-0.4, -0.2) is 32.1 Å². The summed E-state index contributed by atoms with van der Waals surface area (Å²) in [6.45, 7) is 8.76. The molecule has 3 aromatic rings. The second-order valence-corrected chi connectivity index (χ2v) is 19.8. The largest absolute Gasteiger partial charge is 0.433 e. The lowest BCUT2D eigenvalue weighted by Gasteiger charge is -2.34. The lowest BCUT2D eigenvalue weighted by Crippen LogP contribution is -2.66. The van der Waals surface area contributed by atoms with E-state index in [1.54, 1.807) is 7.11 Å². The third-order valence-electron chi connectivity index (χ3n) is 5.42. The minimum Gasteiger partial charge on any atom is -0.433 e. The van der Waals surface area contributed by atoms with Gasteiger partial charge in [-0.15, -0.1) is 0 Å². The number of hydrogen-bond donors (Lipinski definition) is 0. The fourth-order valence-electron chi connectivity index (χ4n) is 3.93. The van der Waals surface area contributed by atoms with Gasteiger partial charge in [0.1, 0.15) is 0 Å². The smallest absolute Gasteiger partial charge is 0.321 e. The molecule has 0 heterocycles. The van der Waals surface area contributed by atoms with Crippen molar-refractivity contribution >= 4 is 40.5 Å². The molecule has 30 heavy (non-hydrogen) atoms. The van der Waals surface area contributed by atoms with Gasteiger partial charge < -0.3 is 8.54 Å². The molecule has 0 atom stereocenters. The van der Waals surface area contributed by atoms with Crippen molar-refractivity contribution in [3.8, 4) is 0 Å². The van der Waals surface area contributed by atoms with Crippen LogP contribution in [0.2, 0.25) is 26.2 Å². The van der Waals surface area contributed by atoms with Gasteiger partial charge in [0.05, 0.1) is 0 Å². The van der Waals surface area contributed by atoms with Crippen molar-refractivity contribution in [2.45, 2.75) is 26.2 Å². The van der Waals surface area contributed by atoms with Gasteiger partial charge in [-0.25, -0.2) is 0 Å². The summed E-state index contributed by atoms with van der Waals surface area (Å²) >= 11 is 0. The molecule has 5 heteroatoms. The van der Waals surface area contributed by atoms with E-state index in [2.05, 4.69) is 129 Å². The Hall–Kier alpha value is -2.03. The first kappa shape index (κ1) is 22.7. The Morgan fingerprint density at radius 1 is 0.567 bits per heavy atom. The molecule has 0 fully saturated rings. The van der Waals surface area contributed by atoms with Crippen molar-refractivity contribution in [3.05, 3.63) is 102 Å². The van der Waals surface area contributed by atoms with Crippen LogP contribution in [-0.2, 0) is 8.54 Å². The quantitative estimate of drug-likeness (QED) is 0.376. The number of hydrogen-bond acceptors (Lipinski definition) is 2. The predicted molar refractivity (Wildman–Crippen MR) is 136 cm³/mol. The molecule has 0 aliphatic rings. The maximum Gasteiger partial charge on any atom is 0.321 e. The summed E-state index contributed by atoms with van der Waals surface area (Å²) in [7, 11) is -4.81. The van der Waals surface area contributed by atoms with Crippen LogP contribution in [0.4, 0.5) is 0 Å². The molecule has 0 radical (unpaired) electrons. The Morgan fingerprint density at radius 2 is 0.933 bits per heavy atom. The van der Waals surface area contributed by atoms with E-state index < -0.39 is 25.0 Å². The van der Waals surface area contributed by atoms with Crippen LogP contribution in [0.5, 0.6) is 0 Å². The van der Waals surface area contributed by atoms with Gasteiger partial charge in [-0.2, -0.15) is 0 Å². The molecule has 3 aromatic carbocycles. The first-order chi connectivity index (χ1) is 14.3. The molecule has 0 aromatic heterocycles. The van der Waals surface area contributed by atoms with Gasteiger partial charge in [0.15, 0.2) is 16.4 Å². The molecule has 0 spiro atoms. The van der Waals surface area contributed by atoms with Gasteiger partial charge in [0.25, 0.3) is 0 Å². The average molecular weight is 449 g/mol. The van der Waals surface area contributed by atoms with E-state index in [4.69, 9.17) is 8.54 Å². The van der Waals surface area contributed by atoms with Gasteiger partial charge in [-0.3, -0.25) is 0 Å². The molecule has 156 valence electrons. The van der Waals surface area contributed by atoms with Crippen LogP contribution >= 0.6 is 0 Å². The summed E-state index contributed by atoms with van der Waals surface area (Å²) in [4.78, 5) is 0. The minimum absolute atomic E-state index is 1.38. The molecule has 0 unspecified atom stereocenters. The van der Waals surface area contributed by atoms with Crippen LogP contribution in [0.3, 0.4) is 0 Å². The fourth-order valence-corrected chi connectivity index (χ4v) is 15.9. The van der Waals surface area contributed by atoms with Crippen LogP contribution < -0.4 is 15.6 Å². The molecule has 3 rings (SSSR count). The summed E-state index contributed by atoms with van der Waals surface area (Å²) < 4.78 is 12.3. The van der Waals surface area contributed by atoms with Crippen LogP contribution in [0.25, 0.3) is 0 Å². The average Bonchev–Trinajstić information content (AvgIpc) is 2.76. The summed E-state index contributed by atoms with van der Waals surface area (Å²) in [5.41, 5.74) is 4.89. The van der Waals surface area contributed by atoms with Gasteiger partial charge in [-0.1, -0.05) is 102 Å². The maximum atomic E-state index is 6.57. The van der Waals surface area contributed by atoms with Crippen molar-refractivity contribution in [2.24, 2.45) is 0 Å². The van der Waals surface area contributed by atoms with Gasteiger partial charge in [0.2, 0.25) is 0 Å². The molecule has 0 bridgehead atoms. The predicted octanol–water partition coefficient (Wildman–Crippen LogP) is 4.36. The first-order valence-corrected chi connectivity index (χ1v) is 18.3. The van der Waals surface area contributed by atoms with Crippen molar-refractivity contribution in [1.29, 1.82) is 0 Å². The Morgan fingerprint density at radius 3 is 1.27 bits per heavy atom. The molecular weight excluding hydrogens is 417 g/mol. The van der Waals surface area contributed by atoms with E-state index in [-0.39, 0.29) is 0 Å². The number of benzene rings is 3. The number of rotatable bonds is 8. The zero-order valence-corrected chi connectivity index (χ0v) is 21.6. The Balaban J connectivity index is 2.22. The van der Waals surface area contributed by atoms with Crippen molar-refractivity contribution < 1.29 is 8.54 Å². The Labute approximate surface area is 184 Å². The Bertz CT molecular complexity index is 859. The molecule has 0 saturated carbocycles. The highest BCUT2D eigenvalue weighted by Gasteiger charge is 2.39. The normalized spacial score (nSPS) is 13.0. The summed E-state index contributed by atoms with van der Waals surface area (Å²) in [6.07, 6.45) is 0. The van der Waals surface area contributed by atoms with Gasteiger partial charge in [-0.05, 0) is 41.7 Å². The third kappa shape index (κ3) is 5.17. The van der Waals surface area contributed by atoms with E-state index in [1.807, 2.05) is 0 Å². The highest BCUT2D eigenvalue weighted by molar-refractivity contribution is 7.15. The molecule has 2 nitrogen and oxygen atoms in total. The standard InChI is InChI=1S/C25H32O2Si3/c1-26-29(4,5)27-28(2,3)21-22-30(23-15-9-6-10-16-23,24-17-11-7-12-18-24)25-19-13-8-14-20-25/h6-22H,1-5H3. The second kappa shape index (κ2) is 9.41. The summed E-state index contributed by atoms with van der Waals surface area (Å²) in [6, 6.07) is 32.8. The molecule has 0 N–H and O–H groups in total. The van der Waals surface area contributed by atoms with Crippen molar-refractivity contribution in [2.75, 3.05) is 7.11 Å². The van der Waals surface area contributed by atoms with E-state index in [0.717, 1.165) is 0 Å². The topological polar surface area (TPSA) is 18.5 Å². The minimum atomic E-state index is -2.37. The van der Waals surface area contributed by atoms with E-state index in [0.29, 0.717) is 0 Å². The van der Waals surface area contributed by atoms with Crippen molar-refractivity contribution in [3.63, 3.8) is 0 Å². The van der Waals surface area contributed by atoms with Gasteiger partial charge in [0, 0.05) is 7.11 Å². The van der Waals surface area contributed by atoms with Gasteiger partial charge >= 0.3 is 8.56 Å². The van der Waals surface area contributed by atoms with E-state index >= 15 is 0 Å². The highest BCUT2D eigenvalue weighted by atomic mass is 28.4. The Kier molecular flexibility index (Phi) is 7.10. The molecule has 0 saturated heterocycles. The third-order valence-corrected chi connectivity index (χ3v) is 16.2. The molecular formula is C25H32O2Si3. The van der Waals surface area contributed by atoms with Crippen molar-refractivity contribution in [1.82, 2.24) is 0 Å². The fraction of sp³-hybridized carbons (Fsp3) is 0.200. The van der Waals surface area contributed by atoms with E-state index in [1.165, 1.54) is 15.6 Å². The lowest BCUT2D eigenvalue weighted by atomic mass is 10.3. The molecule has 0 aliphatic carbocycles. The molecule has 0 amide bonds. The summed E-state index contributed by atoms with van der Waals surface area (Å²) in [5, 5.41) is 4.14. The SMILES string of the molecule is CO[Si](C)(C)O[Si](C)(C)C=C[Si](c1ccccc1)(c1ccccc1)c1ccccc1.